The maximum Gasteiger partial charge on any atom is 0.209 e. The Labute approximate surface area is 185 Å². The average Bonchev–Trinajstić information content (AvgIpc) is 3.30. The molecule has 0 N–H and O–H groups in total. The third-order valence-electron chi connectivity index (χ3n) is 5.75. The molecule has 4 aromatic rings. The molecular formula is C24H22ClN5O. The summed E-state index contributed by atoms with van der Waals surface area (Å²) < 4.78 is 3.69. The van der Waals surface area contributed by atoms with Crippen LogP contribution in [0.5, 0.6) is 0 Å². The molecule has 0 bridgehead atoms. The Kier molecular flexibility index (Phi) is 5.30. The van der Waals surface area contributed by atoms with Crippen molar-refractivity contribution in [2.45, 2.75) is 18.9 Å². The number of piperidine rings is 1. The summed E-state index contributed by atoms with van der Waals surface area (Å²) in [6, 6.07) is 21.4. The largest absolute Gasteiger partial charge is 0.370 e. The van der Waals surface area contributed by atoms with Crippen molar-refractivity contribution in [2.24, 2.45) is 0 Å². The zero-order valence-electron chi connectivity index (χ0n) is 16.9. The molecule has 3 heterocycles. The van der Waals surface area contributed by atoms with Crippen LogP contribution in [-0.2, 0) is 0 Å². The van der Waals surface area contributed by atoms with Gasteiger partial charge in [-0.1, -0.05) is 41.9 Å². The number of nitrogens with zero attached hydrogens (tertiary/aromatic N) is 5. The van der Waals surface area contributed by atoms with Crippen molar-refractivity contribution in [3.05, 3.63) is 94.4 Å². The molecule has 1 aliphatic rings. The molecule has 7 heteroatoms. The molecule has 0 atom stereocenters. The monoisotopic (exact) mass is 431 g/mol. The molecule has 0 unspecified atom stereocenters. The van der Waals surface area contributed by atoms with Gasteiger partial charge in [0.05, 0.1) is 34.3 Å². The quantitative estimate of drug-likeness (QED) is 0.474. The topological polar surface area (TPSA) is 56.0 Å². The smallest absolute Gasteiger partial charge is 0.209 e. The first-order valence-corrected chi connectivity index (χ1v) is 10.8. The highest BCUT2D eigenvalue weighted by atomic mass is 35.5. The normalized spacial score (nSPS) is 14.7. The number of benzene rings is 2. The van der Waals surface area contributed by atoms with Crippen LogP contribution in [0.2, 0.25) is 5.02 Å². The minimum Gasteiger partial charge on any atom is -0.370 e. The Hall–Kier alpha value is -3.38. The minimum absolute atomic E-state index is 0.109. The van der Waals surface area contributed by atoms with Gasteiger partial charge in [-0.15, -0.1) is 0 Å². The molecule has 1 aliphatic heterocycles. The fourth-order valence-electron chi connectivity index (χ4n) is 4.14. The molecular weight excluding hydrogens is 410 g/mol. The van der Waals surface area contributed by atoms with E-state index < -0.39 is 0 Å². The number of hydrogen-bond donors (Lipinski definition) is 0. The maximum atomic E-state index is 12.7. The van der Waals surface area contributed by atoms with Gasteiger partial charge in [-0.05, 0) is 43.2 Å². The van der Waals surface area contributed by atoms with Crippen molar-refractivity contribution in [3.8, 4) is 17.1 Å². The average molecular weight is 432 g/mol. The number of para-hydroxylation sites is 2. The molecule has 0 amide bonds. The summed E-state index contributed by atoms with van der Waals surface area (Å²) in [4.78, 5) is 15.0. The molecule has 2 aromatic heterocycles. The number of halogens is 1. The third kappa shape index (κ3) is 3.86. The molecule has 6 nitrogen and oxygen atoms in total. The van der Waals surface area contributed by atoms with Gasteiger partial charge < -0.3 is 4.90 Å². The van der Waals surface area contributed by atoms with Crippen LogP contribution >= 0.6 is 11.6 Å². The van der Waals surface area contributed by atoms with Crippen molar-refractivity contribution in [3.63, 3.8) is 0 Å². The van der Waals surface area contributed by atoms with E-state index in [1.807, 2.05) is 59.3 Å². The van der Waals surface area contributed by atoms with Crippen LogP contribution in [0.4, 0.5) is 5.69 Å². The lowest BCUT2D eigenvalue weighted by Crippen LogP contribution is -2.35. The van der Waals surface area contributed by atoms with Crippen LogP contribution < -0.4 is 10.3 Å². The zero-order valence-corrected chi connectivity index (χ0v) is 17.7. The Morgan fingerprint density at radius 1 is 0.903 bits per heavy atom. The van der Waals surface area contributed by atoms with Crippen LogP contribution in [-0.4, -0.2) is 32.7 Å². The summed E-state index contributed by atoms with van der Waals surface area (Å²) in [5.41, 5.74) is 2.97. The first-order chi connectivity index (χ1) is 15.2. The Bertz CT molecular complexity index is 1240. The zero-order chi connectivity index (χ0) is 21.2. The molecule has 0 radical (unpaired) electrons. The van der Waals surface area contributed by atoms with Crippen molar-refractivity contribution >= 4 is 17.3 Å². The van der Waals surface area contributed by atoms with E-state index in [2.05, 4.69) is 16.1 Å². The van der Waals surface area contributed by atoms with E-state index >= 15 is 0 Å². The van der Waals surface area contributed by atoms with Crippen LogP contribution in [0.3, 0.4) is 0 Å². The third-order valence-corrected chi connectivity index (χ3v) is 6.06. The highest BCUT2D eigenvalue weighted by Gasteiger charge is 2.23. The number of rotatable bonds is 4. The fourth-order valence-corrected chi connectivity index (χ4v) is 4.39. The first kappa shape index (κ1) is 19.6. The molecule has 0 spiro atoms. The first-order valence-electron chi connectivity index (χ1n) is 10.4. The van der Waals surface area contributed by atoms with E-state index in [-0.39, 0.29) is 11.5 Å². The second kappa shape index (κ2) is 8.40. The summed E-state index contributed by atoms with van der Waals surface area (Å²) in [5, 5.41) is 9.92. The minimum atomic E-state index is -0.109. The van der Waals surface area contributed by atoms with Gasteiger partial charge in [-0.25, -0.2) is 4.68 Å². The van der Waals surface area contributed by atoms with Crippen LogP contribution in [0.25, 0.3) is 17.1 Å². The molecule has 1 fully saturated rings. The SMILES string of the molecule is O=c1ccn(C2CCN(c3ccccc3Cl)CC2)nc1-c1ccnn1-c1ccccc1. The summed E-state index contributed by atoms with van der Waals surface area (Å²) in [7, 11) is 0. The lowest BCUT2D eigenvalue weighted by atomic mass is 10.0. The highest BCUT2D eigenvalue weighted by molar-refractivity contribution is 6.33. The predicted octanol–water partition coefficient (Wildman–Crippen LogP) is 4.59. The van der Waals surface area contributed by atoms with Crippen molar-refractivity contribution in [1.82, 2.24) is 19.6 Å². The molecule has 2 aromatic carbocycles. The van der Waals surface area contributed by atoms with Gasteiger partial charge >= 0.3 is 0 Å². The second-order valence-electron chi connectivity index (χ2n) is 7.64. The van der Waals surface area contributed by atoms with Gasteiger partial charge in [0, 0.05) is 25.4 Å². The van der Waals surface area contributed by atoms with Gasteiger partial charge in [-0.2, -0.15) is 10.2 Å². The van der Waals surface area contributed by atoms with Crippen LogP contribution in [0.1, 0.15) is 18.9 Å². The van der Waals surface area contributed by atoms with Gasteiger partial charge in [0.15, 0.2) is 5.69 Å². The molecule has 0 aliphatic carbocycles. The Balaban J connectivity index is 1.40. The lowest BCUT2D eigenvalue weighted by Gasteiger charge is -2.34. The van der Waals surface area contributed by atoms with Gasteiger partial charge in [0.1, 0.15) is 0 Å². The van der Waals surface area contributed by atoms with Crippen molar-refractivity contribution in [1.29, 1.82) is 0 Å². The van der Waals surface area contributed by atoms with Crippen LogP contribution in [0, 0.1) is 0 Å². The number of aromatic nitrogens is 4. The van der Waals surface area contributed by atoms with Gasteiger partial charge in [-0.3, -0.25) is 9.48 Å². The lowest BCUT2D eigenvalue weighted by molar-refractivity contribution is 0.362. The van der Waals surface area contributed by atoms with Crippen molar-refractivity contribution < 1.29 is 0 Å². The van der Waals surface area contributed by atoms with E-state index in [9.17, 15) is 4.79 Å². The second-order valence-corrected chi connectivity index (χ2v) is 8.05. The van der Waals surface area contributed by atoms with Gasteiger partial charge in [0.2, 0.25) is 5.43 Å². The summed E-state index contributed by atoms with van der Waals surface area (Å²) in [6.45, 7) is 1.78. The summed E-state index contributed by atoms with van der Waals surface area (Å²) in [6.07, 6.45) is 5.35. The van der Waals surface area contributed by atoms with Crippen molar-refractivity contribution in [2.75, 3.05) is 18.0 Å². The van der Waals surface area contributed by atoms with E-state index in [1.165, 1.54) is 0 Å². The van der Waals surface area contributed by atoms with E-state index in [0.29, 0.717) is 11.4 Å². The molecule has 156 valence electrons. The summed E-state index contributed by atoms with van der Waals surface area (Å²) in [5.74, 6) is 0. The van der Waals surface area contributed by atoms with Crippen LogP contribution in [0.15, 0.2) is 83.9 Å². The van der Waals surface area contributed by atoms with Gasteiger partial charge in [0.25, 0.3) is 0 Å². The van der Waals surface area contributed by atoms with E-state index in [0.717, 1.165) is 42.3 Å². The van der Waals surface area contributed by atoms with E-state index in [1.54, 1.807) is 23.1 Å². The standard InChI is InChI=1S/C24H22ClN5O/c25-20-8-4-5-9-21(20)28-15-11-18(12-16-28)29-17-13-23(31)24(27-29)22-10-14-26-30(22)19-6-2-1-3-7-19/h1-10,13-14,17-18H,11-12,15-16H2. The molecule has 1 saturated heterocycles. The molecule has 5 rings (SSSR count). The predicted molar refractivity (Wildman–Crippen MR) is 123 cm³/mol. The number of hydrogen-bond acceptors (Lipinski definition) is 4. The molecule has 0 saturated carbocycles. The molecule has 31 heavy (non-hydrogen) atoms. The fraction of sp³-hybridized carbons (Fsp3) is 0.208. The highest BCUT2D eigenvalue weighted by Crippen LogP contribution is 2.31. The van der Waals surface area contributed by atoms with E-state index in [4.69, 9.17) is 16.7 Å². The Morgan fingerprint density at radius 3 is 2.42 bits per heavy atom. The maximum absolute atomic E-state index is 12.7. The summed E-state index contributed by atoms with van der Waals surface area (Å²) >= 11 is 6.37. The Morgan fingerprint density at radius 2 is 1.65 bits per heavy atom. The number of anilines is 1.